The zero-order valence-electron chi connectivity index (χ0n) is 9.09. The number of carbonyl (C=O) groups excluding carboxylic acids is 2. The van der Waals surface area contributed by atoms with Gasteiger partial charge in [-0.15, -0.1) is 0 Å². The maximum absolute atomic E-state index is 11.7. The molecule has 0 radical (unpaired) electrons. The van der Waals surface area contributed by atoms with Crippen LogP contribution in [0.2, 0.25) is 0 Å². The highest BCUT2D eigenvalue weighted by molar-refractivity contribution is 5.97. The van der Waals surface area contributed by atoms with E-state index >= 15 is 0 Å². The molecule has 3 heteroatoms. The van der Waals surface area contributed by atoms with Crippen LogP contribution in [0.25, 0.3) is 0 Å². The van der Waals surface area contributed by atoms with Gasteiger partial charge in [-0.25, -0.2) is 0 Å². The predicted octanol–water partition coefficient (Wildman–Crippen LogP) is 2.58. The van der Waals surface area contributed by atoms with Crippen molar-refractivity contribution in [2.45, 2.75) is 57.8 Å². The van der Waals surface area contributed by atoms with E-state index < -0.39 is 5.41 Å². The number of cyclic esters (lactones) is 2. The van der Waals surface area contributed by atoms with Crippen LogP contribution in [-0.4, -0.2) is 11.9 Å². The Morgan fingerprint density at radius 1 is 0.867 bits per heavy atom. The van der Waals surface area contributed by atoms with Crippen LogP contribution >= 0.6 is 0 Å². The van der Waals surface area contributed by atoms with Crippen molar-refractivity contribution in [2.75, 3.05) is 0 Å². The van der Waals surface area contributed by atoms with E-state index in [0.717, 1.165) is 25.7 Å². The molecule has 0 N–H and O–H groups in total. The van der Waals surface area contributed by atoms with Gasteiger partial charge in [0.2, 0.25) is 0 Å². The number of rotatable bonds is 0. The Morgan fingerprint density at radius 2 is 1.40 bits per heavy atom. The molecule has 15 heavy (non-hydrogen) atoms. The summed E-state index contributed by atoms with van der Waals surface area (Å²) in [6.45, 7) is 0. The average Bonchev–Trinajstić information content (AvgIpc) is 2.52. The van der Waals surface area contributed by atoms with E-state index in [9.17, 15) is 9.59 Å². The molecule has 1 heterocycles. The Morgan fingerprint density at radius 3 is 1.87 bits per heavy atom. The molecule has 1 aliphatic heterocycles. The van der Waals surface area contributed by atoms with Crippen molar-refractivity contribution < 1.29 is 14.3 Å². The summed E-state index contributed by atoms with van der Waals surface area (Å²) < 4.78 is 4.71. The topological polar surface area (TPSA) is 43.4 Å². The van der Waals surface area contributed by atoms with Crippen LogP contribution < -0.4 is 0 Å². The lowest BCUT2D eigenvalue weighted by atomic mass is 9.77. The number of ether oxygens (including phenoxy) is 1. The van der Waals surface area contributed by atoms with Crippen LogP contribution in [0.4, 0.5) is 0 Å². The summed E-state index contributed by atoms with van der Waals surface area (Å²) in [4.78, 5) is 22.9. The summed E-state index contributed by atoms with van der Waals surface area (Å²) in [5.41, 5.74) is -0.443. The summed E-state index contributed by atoms with van der Waals surface area (Å²) >= 11 is 0. The number of esters is 2. The Hall–Kier alpha value is -0.860. The molecule has 2 fully saturated rings. The van der Waals surface area contributed by atoms with Crippen molar-refractivity contribution in [3.05, 3.63) is 0 Å². The van der Waals surface area contributed by atoms with Crippen molar-refractivity contribution in [3.63, 3.8) is 0 Å². The lowest BCUT2D eigenvalue weighted by molar-refractivity contribution is -0.155. The summed E-state index contributed by atoms with van der Waals surface area (Å²) in [6.07, 6.45) is 9.02. The van der Waals surface area contributed by atoms with Gasteiger partial charge in [0.15, 0.2) is 0 Å². The second kappa shape index (κ2) is 4.33. The molecule has 1 saturated heterocycles. The van der Waals surface area contributed by atoms with Crippen LogP contribution in [0.5, 0.6) is 0 Å². The highest BCUT2D eigenvalue weighted by Gasteiger charge is 2.47. The van der Waals surface area contributed by atoms with Gasteiger partial charge in [0, 0.05) is 0 Å². The lowest BCUT2D eigenvalue weighted by Gasteiger charge is -2.22. The fraction of sp³-hybridized carbons (Fsp3) is 0.833. The molecule has 1 saturated carbocycles. The quantitative estimate of drug-likeness (QED) is 0.456. The van der Waals surface area contributed by atoms with E-state index in [4.69, 9.17) is 4.74 Å². The fourth-order valence-corrected chi connectivity index (χ4v) is 2.74. The van der Waals surface area contributed by atoms with E-state index in [0.29, 0.717) is 6.42 Å². The normalized spacial score (nSPS) is 26.9. The Bertz CT molecular complexity index is 260. The van der Waals surface area contributed by atoms with Gasteiger partial charge in [-0.2, -0.15) is 0 Å². The molecule has 0 amide bonds. The molecule has 3 nitrogen and oxygen atoms in total. The molecular weight excluding hydrogens is 192 g/mol. The molecule has 2 rings (SSSR count). The summed E-state index contributed by atoms with van der Waals surface area (Å²) in [6, 6.07) is 0. The Balaban J connectivity index is 2.08. The first-order chi connectivity index (χ1) is 7.23. The first-order valence-corrected chi connectivity index (χ1v) is 5.98. The highest BCUT2D eigenvalue weighted by atomic mass is 16.6. The third-order valence-electron chi connectivity index (χ3n) is 3.68. The first-order valence-electron chi connectivity index (χ1n) is 5.98. The van der Waals surface area contributed by atoms with Crippen LogP contribution in [0.1, 0.15) is 57.8 Å². The van der Waals surface area contributed by atoms with E-state index in [1.807, 2.05) is 0 Å². The van der Waals surface area contributed by atoms with Crippen molar-refractivity contribution in [2.24, 2.45) is 5.41 Å². The first kappa shape index (κ1) is 10.7. The molecule has 0 atom stereocenters. The van der Waals surface area contributed by atoms with Crippen molar-refractivity contribution in [3.8, 4) is 0 Å². The van der Waals surface area contributed by atoms with Crippen molar-refractivity contribution in [1.29, 1.82) is 0 Å². The molecule has 0 bridgehead atoms. The molecule has 1 aliphatic carbocycles. The molecule has 1 spiro atoms. The molecule has 0 unspecified atom stereocenters. The number of carbonyl (C=O) groups is 2. The van der Waals surface area contributed by atoms with Gasteiger partial charge in [0.25, 0.3) is 0 Å². The zero-order valence-corrected chi connectivity index (χ0v) is 9.09. The van der Waals surface area contributed by atoms with E-state index in [1.165, 1.54) is 25.7 Å². The average molecular weight is 210 g/mol. The second-order valence-electron chi connectivity index (χ2n) is 4.84. The minimum absolute atomic E-state index is 0.255. The van der Waals surface area contributed by atoms with Gasteiger partial charge in [-0.1, -0.05) is 38.5 Å². The molecule has 0 aromatic carbocycles. The third-order valence-corrected chi connectivity index (χ3v) is 3.68. The summed E-state index contributed by atoms with van der Waals surface area (Å²) in [7, 11) is 0. The fourth-order valence-electron chi connectivity index (χ4n) is 2.74. The third kappa shape index (κ3) is 2.21. The van der Waals surface area contributed by atoms with Gasteiger partial charge < -0.3 is 4.74 Å². The van der Waals surface area contributed by atoms with Gasteiger partial charge in [-0.3, -0.25) is 9.59 Å². The summed E-state index contributed by atoms with van der Waals surface area (Å²) in [5.74, 6) is -0.575. The van der Waals surface area contributed by atoms with Crippen molar-refractivity contribution >= 4 is 11.9 Å². The predicted molar refractivity (Wildman–Crippen MR) is 55.1 cm³/mol. The largest absolute Gasteiger partial charge is 0.393 e. The highest BCUT2D eigenvalue weighted by Crippen LogP contribution is 2.41. The monoisotopic (exact) mass is 210 g/mol. The van der Waals surface area contributed by atoms with Gasteiger partial charge in [0.05, 0.1) is 11.8 Å². The van der Waals surface area contributed by atoms with Crippen LogP contribution in [0.15, 0.2) is 0 Å². The van der Waals surface area contributed by atoms with E-state index in [2.05, 4.69) is 0 Å². The minimum atomic E-state index is -0.443. The number of hydrogen-bond donors (Lipinski definition) is 0. The Labute approximate surface area is 90.2 Å². The smallest absolute Gasteiger partial charge is 0.320 e. The van der Waals surface area contributed by atoms with Crippen molar-refractivity contribution in [1.82, 2.24) is 0 Å². The zero-order chi connectivity index (χ0) is 10.7. The molecular formula is C12H18O3. The van der Waals surface area contributed by atoms with Crippen LogP contribution in [-0.2, 0) is 14.3 Å². The molecule has 0 aromatic heterocycles. The maximum Gasteiger partial charge on any atom is 0.320 e. The van der Waals surface area contributed by atoms with Gasteiger partial charge in [0.1, 0.15) is 0 Å². The minimum Gasteiger partial charge on any atom is -0.393 e. The van der Waals surface area contributed by atoms with Crippen LogP contribution in [0.3, 0.4) is 0 Å². The molecule has 84 valence electrons. The van der Waals surface area contributed by atoms with E-state index in [-0.39, 0.29) is 11.9 Å². The summed E-state index contributed by atoms with van der Waals surface area (Å²) in [5, 5.41) is 0. The Kier molecular flexibility index (Phi) is 3.08. The SMILES string of the molecule is O=C1CC2(CCCCCCCC2)C(=O)O1. The van der Waals surface area contributed by atoms with E-state index in [1.54, 1.807) is 0 Å². The van der Waals surface area contributed by atoms with Gasteiger partial charge in [-0.05, 0) is 12.8 Å². The molecule has 0 aromatic rings. The van der Waals surface area contributed by atoms with Crippen LogP contribution in [0, 0.1) is 5.41 Å². The standard InChI is InChI=1S/C12H18O3/c13-10-9-12(11(14)15-10)7-5-3-1-2-4-6-8-12/h1-9H2. The van der Waals surface area contributed by atoms with Gasteiger partial charge >= 0.3 is 11.9 Å². The maximum atomic E-state index is 11.7. The second-order valence-corrected chi connectivity index (χ2v) is 4.84. The lowest BCUT2D eigenvalue weighted by Crippen LogP contribution is -2.26. The number of hydrogen-bond acceptors (Lipinski definition) is 3. The molecule has 2 aliphatic rings.